The molecule has 0 saturated heterocycles. The van der Waals surface area contributed by atoms with Crippen molar-refractivity contribution < 1.29 is 114 Å². The van der Waals surface area contributed by atoms with Crippen molar-refractivity contribution in [3.8, 4) is 46.0 Å². The van der Waals surface area contributed by atoms with Crippen molar-refractivity contribution in [2.24, 2.45) is 0 Å². The van der Waals surface area contributed by atoms with E-state index in [0.29, 0.717) is 211 Å². The molecule has 4 aliphatic heterocycles. The van der Waals surface area contributed by atoms with Crippen LogP contribution in [0.5, 0.6) is 46.0 Å². The molecule has 32 nitrogen and oxygen atoms in total. The maximum Gasteiger partial charge on any atom is 0.269 e. The van der Waals surface area contributed by atoms with Crippen LogP contribution < -0.4 is 37.9 Å². The normalized spacial score (nSPS) is 16.5. The van der Waals surface area contributed by atoms with E-state index in [1.165, 1.54) is 0 Å². The fourth-order valence-corrected chi connectivity index (χ4v) is 8.00. The van der Waals surface area contributed by atoms with Crippen LogP contribution >= 0.6 is 0 Å². The Hall–Kier alpha value is -5.89. The van der Waals surface area contributed by atoms with E-state index in [-0.39, 0.29) is 126 Å². The van der Waals surface area contributed by atoms with Crippen LogP contribution in [-0.2, 0) is 56.8 Å². The van der Waals surface area contributed by atoms with Gasteiger partial charge in [-0.05, 0) is 48.5 Å². The van der Waals surface area contributed by atoms with Gasteiger partial charge in [-0.3, -0.25) is 40.5 Å². The Morgan fingerprint density at radius 1 is 0.176 bits per heavy atom. The first-order chi connectivity index (χ1) is 49.1. The summed E-state index contributed by atoms with van der Waals surface area (Å²) in [6.45, 7) is 17.5. The van der Waals surface area contributed by atoms with Gasteiger partial charge < -0.3 is 94.7 Å². The Morgan fingerprint density at radius 2 is 0.275 bits per heavy atom. The van der Waals surface area contributed by atoms with E-state index >= 15 is 0 Å². The van der Waals surface area contributed by atoms with Gasteiger partial charge in [-0.1, -0.05) is 48.5 Å². The molecule has 0 unspecified atom stereocenters. The molecule has 2 radical (unpaired) electrons. The van der Waals surface area contributed by atoms with Crippen molar-refractivity contribution in [2.45, 2.75) is 0 Å². The molecule has 4 aliphatic rings. The van der Waals surface area contributed by atoms with Gasteiger partial charge in [-0.25, -0.2) is 0 Å². The molecular formula is C68H88K2N4O28. The van der Waals surface area contributed by atoms with Crippen LogP contribution in [-0.4, -0.2) is 334 Å². The van der Waals surface area contributed by atoms with Gasteiger partial charge in [0.25, 0.3) is 22.7 Å². The van der Waals surface area contributed by atoms with Crippen LogP contribution in [0.15, 0.2) is 146 Å². The van der Waals surface area contributed by atoms with Crippen LogP contribution in [0.1, 0.15) is 0 Å². The smallest absolute Gasteiger partial charge is 0.269 e. The SMILES string of the molecule is O=[N+]([O-])c1ccc([N+](=O)[O-])cc1.O=[N+]([O-])c1ccc([N+](=O)[O-])cc1.[K].[K].c1ccc2c(c1)OCCOCCOCCOCCO2.c1ccc2c(c1)OCCOCCOCCOCCO2.c1ccc2c(c1)OCCOCCOCCOCCO2.c1ccc2c(c1)OCCOCCOCCOCCO2. The molecule has 0 fully saturated rings. The zero-order valence-electron chi connectivity index (χ0n) is 57.7. The molecule has 6 aromatic rings. The number of ether oxygens (including phenoxy) is 20. The number of fused-ring (bicyclic) bond motifs is 4. The fraction of sp³-hybridized carbons (Fsp3) is 0.471. The monoisotopic (exact) mass is 1490 g/mol. The number of rotatable bonds is 4. The fourth-order valence-electron chi connectivity index (χ4n) is 8.00. The molecule has 550 valence electrons. The molecule has 10 rings (SSSR count). The zero-order valence-corrected chi connectivity index (χ0v) is 63.9. The van der Waals surface area contributed by atoms with Gasteiger partial charge in [-0.15, -0.1) is 0 Å². The first-order valence-electron chi connectivity index (χ1n) is 32.2. The van der Waals surface area contributed by atoms with E-state index in [0.717, 1.165) is 94.5 Å². The van der Waals surface area contributed by atoms with Gasteiger partial charge in [0.1, 0.15) is 52.9 Å². The maximum atomic E-state index is 10.1. The maximum absolute atomic E-state index is 10.1. The summed E-state index contributed by atoms with van der Waals surface area (Å²) < 4.78 is 110. The predicted molar refractivity (Wildman–Crippen MR) is 371 cm³/mol. The second kappa shape index (κ2) is 60.4. The van der Waals surface area contributed by atoms with Gasteiger partial charge in [-0.2, -0.15) is 0 Å². The molecule has 0 bridgehead atoms. The molecule has 0 aliphatic carbocycles. The largest absolute Gasteiger partial charge is 0.487 e. The number of hydrogen-bond acceptors (Lipinski definition) is 28. The van der Waals surface area contributed by atoms with Crippen LogP contribution in [0.4, 0.5) is 22.7 Å². The summed E-state index contributed by atoms with van der Waals surface area (Å²) in [7, 11) is 0. The molecule has 0 N–H and O–H groups in total. The van der Waals surface area contributed by atoms with Crippen LogP contribution in [0.25, 0.3) is 0 Å². The summed E-state index contributed by atoms with van der Waals surface area (Å²) in [4.78, 5) is 38.0. The topological polar surface area (TPSA) is 357 Å². The summed E-state index contributed by atoms with van der Waals surface area (Å²) in [5, 5.41) is 40.5. The molecule has 102 heavy (non-hydrogen) atoms. The van der Waals surface area contributed by atoms with E-state index in [1.54, 1.807) is 0 Å². The van der Waals surface area contributed by atoms with E-state index < -0.39 is 19.7 Å². The van der Waals surface area contributed by atoms with Crippen LogP contribution in [0.2, 0.25) is 0 Å². The molecule has 6 aromatic carbocycles. The molecule has 4 heterocycles. The molecule has 0 saturated carbocycles. The minimum Gasteiger partial charge on any atom is -0.487 e. The number of para-hydroxylation sites is 8. The van der Waals surface area contributed by atoms with E-state index in [4.69, 9.17) is 94.7 Å². The summed E-state index contributed by atoms with van der Waals surface area (Å²) in [6.07, 6.45) is 0. The Bertz CT molecular complexity index is 2610. The Labute approximate surface area is 676 Å². The zero-order chi connectivity index (χ0) is 71.0. The van der Waals surface area contributed by atoms with Crippen LogP contribution in [0.3, 0.4) is 0 Å². The summed E-state index contributed by atoms with van der Waals surface area (Å²) in [5.74, 6) is 5.87. The molecule has 0 atom stereocenters. The number of non-ortho nitro benzene ring substituents is 4. The average molecular weight is 1490 g/mol. The van der Waals surface area contributed by atoms with Gasteiger partial charge in [0.05, 0.1) is 178 Å². The number of benzene rings is 6. The van der Waals surface area contributed by atoms with Crippen molar-refractivity contribution in [1.82, 2.24) is 0 Å². The summed E-state index contributed by atoms with van der Waals surface area (Å²) >= 11 is 0. The van der Waals surface area contributed by atoms with Crippen molar-refractivity contribution in [3.05, 3.63) is 186 Å². The molecule has 0 aromatic heterocycles. The standard InChI is InChI=1S/4C14H20O5.2C6H4N2O4.2K/c4*1-2-4-14-13(3-1)18-11-9-16-7-5-15-6-8-17-10-12-19-14;2*9-7(10)5-1-2-6(4-3-5)8(11)12;;/h4*1-4H,5-12H2;2*1-4H;;. The number of hydrogen-bond donors (Lipinski definition) is 0. The second-order valence-corrected chi connectivity index (χ2v) is 20.0. The Kier molecular flexibility index (Phi) is 53.5. The minimum atomic E-state index is -0.607. The molecular weight excluding hydrogens is 1400 g/mol. The quantitative estimate of drug-likeness (QED) is 0.0909. The van der Waals surface area contributed by atoms with Gasteiger partial charge in [0.2, 0.25) is 0 Å². The number of nitro benzene ring substituents is 4. The average Bonchev–Trinajstić information content (AvgIpc) is 1.02. The van der Waals surface area contributed by atoms with Crippen LogP contribution in [0, 0.1) is 40.5 Å². The molecule has 0 spiro atoms. The molecule has 34 heteroatoms. The van der Waals surface area contributed by atoms with Gasteiger partial charge >= 0.3 is 0 Å². The second-order valence-electron chi connectivity index (χ2n) is 20.0. The van der Waals surface area contributed by atoms with E-state index in [2.05, 4.69) is 0 Å². The van der Waals surface area contributed by atoms with E-state index in [9.17, 15) is 40.5 Å². The van der Waals surface area contributed by atoms with Gasteiger partial charge in [0.15, 0.2) is 46.0 Å². The Balaban J connectivity index is 0.000000320. The van der Waals surface area contributed by atoms with Crippen molar-refractivity contribution in [2.75, 3.05) is 211 Å². The third-order valence-electron chi connectivity index (χ3n) is 12.8. The third-order valence-corrected chi connectivity index (χ3v) is 12.8. The van der Waals surface area contributed by atoms with Crippen molar-refractivity contribution >= 4 is 126 Å². The first kappa shape index (κ1) is 90.3. The van der Waals surface area contributed by atoms with Crippen molar-refractivity contribution in [3.63, 3.8) is 0 Å². The first-order valence-corrected chi connectivity index (χ1v) is 32.2. The number of nitro groups is 4. The molecule has 0 amide bonds. The summed E-state index contributed by atoms with van der Waals surface area (Å²) in [5.41, 5.74) is -0.609. The minimum absolute atomic E-state index is 0. The predicted octanol–water partition coefficient (Wildman–Crippen LogP) is 8.27. The van der Waals surface area contributed by atoms with E-state index in [1.807, 2.05) is 97.1 Å². The van der Waals surface area contributed by atoms with Crippen molar-refractivity contribution in [1.29, 1.82) is 0 Å². The Morgan fingerprint density at radius 3 is 0.373 bits per heavy atom. The summed E-state index contributed by atoms with van der Waals surface area (Å²) in [6, 6.07) is 39.2. The third kappa shape index (κ3) is 42.8. The number of nitrogens with zero attached hydrogens (tertiary/aromatic N) is 4. The van der Waals surface area contributed by atoms with Gasteiger partial charge in [0, 0.05) is 151 Å².